The van der Waals surface area contributed by atoms with Crippen LogP contribution in [0.2, 0.25) is 0 Å². The minimum absolute atomic E-state index is 0.177. The number of benzene rings is 2. The maximum atomic E-state index is 13.0. The van der Waals surface area contributed by atoms with Gasteiger partial charge in [-0.25, -0.2) is 13.2 Å². The van der Waals surface area contributed by atoms with Gasteiger partial charge in [-0.2, -0.15) is 0 Å². The van der Waals surface area contributed by atoms with Crippen LogP contribution in [0.25, 0.3) is 0 Å². The summed E-state index contributed by atoms with van der Waals surface area (Å²) in [6.07, 6.45) is -2.63. The molecule has 0 unspecified atom stereocenters. The fourth-order valence-electron chi connectivity index (χ4n) is 1.79. The summed E-state index contributed by atoms with van der Waals surface area (Å²) in [7, 11) is 0. The molecule has 3 N–H and O–H groups in total. The molecular weight excluding hydrogens is 253 g/mol. The van der Waals surface area contributed by atoms with E-state index in [1.165, 1.54) is 36.4 Å². The van der Waals surface area contributed by atoms with Crippen LogP contribution >= 0.6 is 0 Å². The zero-order valence-corrected chi connectivity index (χ0v) is 10.3. The van der Waals surface area contributed by atoms with Gasteiger partial charge in [-0.1, -0.05) is 0 Å². The molecule has 2 aromatic carbocycles. The summed E-state index contributed by atoms with van der Waals surface area (Å²) in [5, 5.41) is 2.87. The van der Waals surface area contributed by atoms with Gasteiger partial charge in [0.1, 0.15) is 5.82 Å². The Labute approximate surface area is 109 Å². The molecule has 0 atom stereocenters. The van der Waals surface area contributed by atoms with Crippen molar-refractivity contribution in [3.05, 3.63) is 53.3 Å². The molecule has 0 bridgehead atoms. The Morgan fingerprint density at radius 2 is 1.74 bits per heavy atom. The summed E-state index contributed by atoms with van der Waals surface area (Å²) < 4.78 is 38.8. The molecule has 0 aliphatic heterocycles. The molecule has 100 valence electrons. The largest absolute Gasteiger partial charge is 0.399 e. The number of alkyl halides is 2. The molecule has 5 heteroatoms. The molecule has 2 nitrogen and oxygen atoms in total. The third-order valence-corrected chi connectivity index (χ3v) is 2.77. The van der Waals surface area contributed by atoms with Crippen molar-refractivity contribution in [2.75, 3.05) is 11.1 Å². The standard InChI is InChI=1S/C14H13F3N2/c1-8-6-9(15)2-4-12(8)19-13-5-3-10(18)7-11(13)14(16)17/h2-7,14,19H,18H2,1H3. The van der Waals surface area contributed by atoms with Gasteiger partial charge in [0, 0.05) is 22.6 Å². The number of nitrogens with two attached hydrogens (primary N) is 1. The topological polar surface area (TPSA) is 38.0 Å². The SMILES string of the molecule is Cc1cc(F)ccc1Nc1ccc(N)cc1C(F)F. The van der Waals surface area contributed by atoms with Crippen LogP contribution in [0.4, 0.5) is 30.2 Å². The van der Waals surface area contributed by atoms with Gasteiger partial charge in [-0.3, -0.25) is 0 Å². The van der Waals surface area contributed by atoms with Gasteiger partial charge in [-0.05, 0) is 48.9 Å². The number of aryl methyl sites for hydroxylation is 1. The van der Waals surface area contributed by atoms with E-state index in [1.807, 2.05) is 0 Å². The molecule has 2 rings (SSSR count). The van der Waals surface area contributed by atoms with E-state index in [9.17, 15) is 13.2 Å². The number of hydrogen-bond donors (Lipinski definition) is 2. The number of hydrogen-bond acceptors (Lipinski definition) is 2. The van der Waals surface area contributed by atoms with Crippen molar-refractivity contribution in [3.8, 4) is 0 Å². The van der Waals surface area contributed by atoms with E-state index in [1.54, 1.807) is 6.92 Å². The Hall–Kier alpha value is -2.17. The normalized spacial score (nSPS) is 10.8. The van der Waals surface area contributed by atoms with Crippen LogP contribution in [0.1, 0.15) is 17.6 Å². The van der Waals surface area contributed by atoms with Crippen molar-refractivity contribution < 1.29 is 13.2 Å². The van der Waals surface area contributed by atoms with E-state index < -0.39 is 6.43 Å². The van der Waals surface area contributed by atoms with E-state index >= 15 is 0 Å². The lowest BCUT2D eigenvalue weighted by atomic mass is 10.1. The van der Waals surface area contributed by atoms with E-state index in [0.29, 0.717) is 11.3 Å². The zero-order valence-electron chi connectivity index (χ0n) is 10.3. The molecular formula is C14H13F3N2. The van der Waals surface area contributed by atoms with Gasteiger partial charge in [0.05, 0.1) is 0 Å². The average Bonchev–Trinajstić information content (AvgIpc) is 2.34. The molecule has 0 aliphatic carbocycles. The van der Waals surface area contributed by atoms with Gasteiger partial charge in [0.25, 0.3) is 6.43 Å². The minimum atomic E-state index is -2.63. The van der Waals surface area contributed by atoms with E-state index in [0.717, 1.165) is 0 Å². The quantitative estimate of drug-likeness (QED) is 0.808. The number of rotatable bonds is 3. The second-order valence-electron chi connectivity index (χ2n) is 4.23. The van der Waals surface area contributed by atoms with Crippen molar-refractivity contribution in [2.45, 2.75) is 13.3 Å². The Balaban J connectivity index is 2.38. The van der Waals surface area contributed by atoms with Crippen molar-refractivity contribution in [2.24, 2.45) is 0 Å². The highest BCUT2D eigenvalue weighted by atomic mass is 19.3. The van der Waals surface area contributed by atoms with E-state index in [4.69, 9.17) is 5.73 Å². The van der Waals surface area contributed by atoms with Crippen LogP contribution in [0.3, 0.4) is 0 Å². The first-order chi connectivity index (χ1) is 8.97. The first-order valence-electron chi connectivity index (χ1n) is 5.68. The second-order valence-corrected chi connectivity index (χ2v) is 4.23. The van der Waals surface area contributed by atoms with Gasteiger partial charge < -0.3 is 11.1 Å². The van der Waals surface area contributed by atoms with Crippen molar-refractivity contribution in [1.82, 2.24) is 0 Å². The lowest BCUT2D eigenvalue weighted by Crippen LogP contribution is -2.00. The predicted octanol–water partition coefficient (Wildman–Crippen LogP) is 4.40. The lowest BCUT2D eigenvalue weighted by molar-refractivity contribution is 0.152. The summed E-state index contributed by atoms with van der Waals surface area (Å²) in [6, 6.07) is 8.37. The Kier molecular flexibility index (Phi) is 3.64. The molecule has 2 aromatic rings. The first-order valence-corrected chi connectivity index (χ1v) is 5.68. The zero-order chi connectivity index (χ0) is 14.0. The number of nitrogen functional groups attached to an aromatic ring is 1. The number of anilines is 3. The Morgan fingerprint density at radius 1 is 1.05 bits per heavy atom. The van der Waals surface area contributed by atoms with E-state index in [-0.39, 0.29) is 22.8 Å². The minimum Gasteiger partial charge on any atom is -0.399 e. The number of nitrogens with one attached hydrogen (secondary N) is 1. The highest BCUT2D eigenvalue weighted by Gasteiger charge is 2.14. The first kappa shape index (κ1) is 13.3. The Bertz CT molecular complexity index is 597. The van der Waals surface area contributed by atoms with Crippen LogP contribution in [-0.2, 0) is 0 Å². The van der Waals surface area contributed by atoms with Crippen molar-refractivity contribution in [3.63, 3.8) is 0 Å². The molecule has 0 aliphatic rings. The Morgan fingerprint density at radius 3 is 2.37 bits per heavy atom. The maximum absolute atomic E-state index is 13.0. The maximum Gasteiger partial charge on any atom is 0.265 e. The van der Waals surface area contributed by atoms with Gasteiger partial charge in [0.15, 0.2) is 0 Å². The summed E-state index contributed by atoms with van der Waals surface area (Å²) >= 11 is 0. The molecule has 0 spiro atoms. The lowest BCUT2D eigenvalue weighted by Gasteiger charge is -2.14. The summed E-state index contributed by atoms with van der Waals surface area (Å²) in [5.41, 5.74) is 7.07. The summed E-state index contributed by atoms with van der Waals surface area (Å²) in [4.78, 5) is 0. The molecule has 0 radical (unpaired) electrons. The van der Waals surface area contributed by atoms with Gasteiger partial charge in [0.2, 0.25) is 0 Å². The smallest absolute Gasteiger partial charge is 0.265 e. The van der Waals surface area contributed by atoms with Crippen LogP contribution in [0, 0.1) is 12.7 Å². The third kappa shape index (κ3) is 2.99. The van der Waals surface area contributed by atoms with E-state index in [2.05, 4.69) is 5.32 Å². The molecule has 0 aromatic heterocycles. The molecule has 0 saturated carbocycles. The van der Waals surface area contributed by atoms with Gasteiger partial charge in [-0.15, -0.1) is 0 Å². The number of halogens is 3. The van der Waals surface area contributed by atoms with Gasteiger partial charge >= 0.3 is 0 Å². The fraction of sp³-hybridized carbons (Fsp3) is 0.143. The molecule has 0 saturated heterocycles. The average molecular weight is 266 g/mol. The molecule has 0 heterocycles. The van der Waals surface area contributed by atoms with Crippen LogP contribution < -0.4 is 11.1 Å². The summed E-state index contributed by atoms with van der Waals surface area (Å²) in [5.74, 6) is -0.366. The fourth-order valence-corrected chi connectivity index (χ4v) is 1.79. The molecule has 0 amide bonds. The highest BCUT2D eigenvalue weighted by Crippen LogP contribution is 2.32. The van der Waals surface area contributed by atoms with Crippen LogP contribution in [0.15, 0.2) is 36.4 Å². The predicted molar refractivity (Wildman–Crippen MR) is 70.2 cm³/mol. The van der Waals surface area contributed by atoms with Crippen molar-refractivity contribution >= 4 is 17.1 Å². The van der Waals surface area contributed by atoms with Crippen molar-refractivity contribution in [1.29, 1.82) is 0 Å². The molecule has 0 fully saturated rings. The molecule has 19 heavy (non-hydrogen) atoms. The highest BCUT2D eigenvalue weighted by molar-refractivity contribution is 5.68. The third-order valence-electron chi connectivity index (χ3n) is 2.77. The summed E-state index contributed by atoms with van der Waals surface area (Å²) in [6.45, 7) is 1.70. The van der Waals surface area contributed by atoms with Crippen LogP contribution in [-0.4, -0.2) is 0 Å². The van der Waals surface area contributed by atoms with Crippen LogP contribution in [0.5, 0.6) is 0 Å². The second kappa shape index (κ2) is 5.22. The monoisotopic (exact) mass is 266 g/mol.